The third-order valence-electron chi connectivity index (χ3n) is 3.35. The van der Waals surface area contributed by atoms with E-state index in [1.807, 2.05) is 0 Å². The maximum atomic E-state index is 14.3. The molecule has 1 aromatic carbocycles. The number of hydrogen-bond acceptors (Lipinski definition) is 5. The molecule has 0 spiro atoms. The summed E-state index contributed by atoms with van der Waals surface area (Å²) in [5.74, 6) is -1.91. The predicted octanol–water partition coefficient (Wildman–Crippen LogP) is 2.82. The van der Waals surface area contributed by atoms with Crippen molar-refractivity contribution in [2.24, 2.45) is 7.05 Å². The number of aromatic nitrogens is 2. The van der Waals surface area contributed by atoms with E-state index in [9.17, 15) is 17.6 Å². The van der Waals surface area contributed by atoms with Crippen LogP contribution in [-0.2, 0) is 21.7 Å². The second-order valence-corrected chi connectivity index (χ2v) is 8.10. The molecule has 2 rings (SSSR count). The molecule has 1 heterocycles. The van der Waals surface area contributed by atoms with Gasteiger partial charge in [-0.05, 0) is 19.1 Å². The van der Waals surface area contributed by atoms with Gasteiger partial charge in [-0.15, -0.1) is 0 Å². The zero-order chi connectivity index (χ0) is 19.1. The largest absolute Gasteiger partial charge is 0.480 e. The molecule has 2 aromatic rings. The van der Waals surface area contributed by atoms with E-state index in [4.69, 9.17) is 28.3 Å². The first-order valence-corrected chi connectivity index (χ1v) is 9.49. The highest BCUT2D eigenvalue weighted by Crippen LogP contribution is 2.37. The van der Waals surface area contributed by atoms with Crippen LogP contribution in [0.2, 0.25) is 10.0 Å². The first-order chi connectivity index (χ1) is 11.4. The number of rotatable bonds is 5. The van der Waals surface area contributed by atoms with Crippen LogP contribution in [0.3, 0.4) is 0 Å². The minimum Gasteiger partial charge on any atom is -0.480 e. The molecular weight excluding hydrogens is 396 g/mol. The minimum atomic E-state index is -3.69. The quantitative estimate of drug-likeness (QED) is 0.786. The molecule has 7 nitrogen and oxygen atoms in total. The van der Waals surface area contributed by atoms with Crippen molar-refractivity contribution in [1.29, 1.82) is 0 Å². The van der Waals surface area contributed by atoms with Gasteiger partial charge in [-0.2, -0.15) is 5.10 Å². The van der Waals surface area contributed by atoms with Crippen LogP contribution in [-0.4, -0.2) is 41.6 Å². The number of benzene rings is 1. The van der Waals surface area contributed by atoms with Crippen LogP contribution in [0.1, 0.15) is 6.92 Å². The van der Waals surface area contributed by atoms with Crippen LogP contribution in [0.5, 0.6) is 0 Å². The first-order valence-electron chi connectivity index (χ1n) is 6.84. The van der Waals surface area contributed by atoms with E-state index >= 15 is 0 Å². The number of aryl methyl sites for hydroxylation is 1. The van der Waals surface area contributed by atoms with Gasteiger partial charge in [0.2, 0.25) is 0 Å². The fourth-order valence-corrected chi connectivity index (χ4v) is 4.02. The summed E-state index contributed by atoms with van der Waals surface area (Å²) in [7, 11) is -2.32. The Morgan fingerprint density at radius 2 is 2.00 bits per heavy atom. The van der Waals surface area contributed by atoms with Crippen LogP contribution in [0.25, 0.3) is 11.3 Å². The number of aliphatic carboxylic acids is 1. The number of halogens is 3. The van der Waals surface area contributed by atoms with Gasteiger partial charge in [0.05, 0.1) is 10.7 Å². The van der Waals surface area contributed by atoms with E-state index in [1.54, 1.807) is 0 Å². The van der Waals surface area contributed by atoms with Crippen LogP contribution < -0.4 is 5.32 Å². The standard InChI is InChI=1S/C14H14Cl2FN3O4S/c1-6(14(21)22)18-10-4-7(9(17)5-8(10)15)12-11(16)13(20(2)19-12)25(3,23)24/h4-6,18H,1-3H3,(H,21,22). The number of anilines is 1. The lowest BCUT2D eigenvalue weighted by Gasteiger charge is -2.14. The molecule has 0 fully saturated rings. The normalized spacial score (nSPS) is 12.9. The molecule has 0 saturated carbocycles. The van der Waals surface area contributed by atoms with Gasteiger partial charge in [-0.25, -0.2) is 12.8 Å². The van der Waals surface area contributed by atoms with Crippen molar-refractivity contribution in [3.8, 4) is 11.3 Å². The van der Waals surface area contributed by atoms with Gasteiger partial charge in [0, 0.05) is 18.9 Å². The fraction of sp³-hybridized carbons (Fsp3) is 0.286. The fourth-order valence-electron chi connectivity index (χ4n) is 2.19. The Morgan fingerprint density at radius 1 is 1.40 bits per heavy atom. The van der Waals surface area contributed by atoms with E-state index in [1.165, 1.54) is 20.0 Å². The Bertz CT molecular complexity index is 959. The lowest BCUT2D eigenvalue weighted by Crippen LogP contribution is -2.25. The molecule has 1 unspecified atom stereocenters. The second kappa shape index (κ2) is 6.81. The Balaban J connectivity index is 2.63. The maximum absolute atomic E-state index is 14.3. The number of carboxylic acid groups (broad SMARTS) is 1. The monoisotopic (exact) mass is 409 g/mol. The molecule has 0 radical (unpaired) electrons. The highest BCUT2D eigenvalue weighted by atomic mass is 35.5. The predicted molar refractivity (Wildman–Crippen MR) is 92.5 cm³/mol. The van der Waals surface area contributed by atoms with Crippen LogP contribution in [0.4, 0.5) is 10.1 Å². The van der Waals surface area contributed by atoms with Crippen molar-refractivity contribution in [3.63, 3.8) is 0 Å². The van der Waals surface area contributed by atoms with Crippen molar-refractivity contribution in [2.45, 2.75) is 18.0 Å². The van der Waals surface area contributed by atoms with Crippen LogP contribution in [0, 0.1) is 5.82 Å². The summed E-state index contributed by atoms with van der Waals surface area (Å²) >= 11 is 12.0. The number of hydrogen-bond donors (Lipinski definition) is 2. The molecule has 2 N–H and O–H groups in total. The Kier molecular flexibility index (Phi) is 5.31. The molecule has 0 amide bonds. The van der Waals surface area contributed by atoms with Gasteiger partial charge < -0.3 is 10.4 Å². The van der Waals surface area contributed by atoms with E-state index in [-0.39, 0.29) is 32.0 Å². The number of carbonyl (C=O) groups is 1. The van der Waals surface area contributed by atoms with Crippen molar-refractivity contribution in [1.82, 2.24) is 9.78 Å². The van der Waals surface area contributed by atoms with Crippen molar-refractivity contribution in [2.75, 3.05) is 11.6 Å². The number of sulfone groups is 1. The summed E-state index contributed by atoms with van der Waals surface area (Å²) in [6.07, 6.45) is 0.958. The lowest BCUT2D eigenvalue weighted by molar-refractivity contribution is -0.137. The molecular formula is C14H14Cl2FN3O4S. The second-order valence-electron chi connectivity index (χ2n) is 5.38. The van der Waals surface area contributed by atoms with Gasteiger partial charge in [0.1, 0.15) is 22.6 Å². The number of carboxylic acids is 1. The van der Waals surface area contributed by atoms with Crippen LogP contribution in [0.15, 0.2) is 17.2 Å². The summed E-state index contributed by atoms with van der Waals surface area (Å²) in [6.45, 7) is 1.39. The molecule has 0 bridgehead atoms. The summed E-state index contributed by atoms with van der Waals surface area (Å²) in [5, 5.41) is 15.0. The summed E-state index contributed by atoms with van der Waals surface area (Å²) in [6, 6.07) is 1.22. The molecule has 11 heteroatoms. The van der Waals surface area contributed by atoms with Gasteiger partial charge >= 0.3 is 5.97 Å². The van der Waals surface area contributed by atoms with Gasteiger partial charge in [0.15, 0.2) is 14.9 Å². The van der Waals surface area contributed by atoms with E-state index < -0.39 is 27.7 Å². The third kappa shape index (κ3) is 3.88. The Morgan fingerprint density at radius 3 is 2.48 bits per heavy atom. The lowest BCUT2D eigenvalue weighted by atomic mass is 10.1. The first kappa shape index (κ1) is 19.5. The number of nitrogens with one attached hydrogen (secondary N) is 1. The molecule has 25 heavy (non-hydrogen) atoms. The highest BCUT2D eigenvalue weighted by molar-refractivity contribution is 7.90. The summed E-state index contributed by atoms with van der Waals surface area (Å²) in [5.41, 5.74) is -0.0552. The minimum absolute atomic E-state index is 0.0373. The zero-order valence-electron chi connectivity index (χ0n) is 13.3. The van der Waals surface area contributed by atoms with Crippen LogP contribution >= 0.6 is 23.2 Å². The maximum Gasteiger partial charge on any atom is 0.325 e. The van der Waals surface area contributed by atoms with Crippen molar-refractivity contribution < 1.29 is 22.7 Å². The topological polar surface area (TPSA) is 101 Å². The summed E-state index contributed by atoms with van der Waals surface area (Å²) < 4.78 is 39.0. The van der Waals surface area contributed by atoms with E-state index in [0.29, 0.717) is 0 Å². The smallest absolute Gasteiger partial charge is 0.325 e. The zero-order valence-corrected chi connectivity index (χ0v) is 15.7. The highest BCUT2D eigenvalue weighted by Gasteiger charge is 2.26. The van der Waals surface area contributed by atoms with E-state index in [2.05, 4.69) is 10.4 Å². The Hall–Kier alpha value is -1.84. The number of nitrogens with zero attached hydrogens (tertiary/aromatic N) is 2. The molecule has 0 aliphatic heterocycles. The molecule has 1 atom stereocenters. The van der Waals surface area contributed by atoms with Gasteiger partial charge in [-0.1, -0.05) is 23.2 Å². The average Bonchev–Trinajstić information content (AvgIpc) is 2.76. The molecule has 136 valence electrons. The Labute approximate surface area is 153 Å². The molecule has 0 aliphatic carbocycles. The van der Waals surface area contributed by atoms with Crippen molar-refractivity contribution >= 4 is 44.7 Å². The van der Waals surface area contributed by atoms with Crippen molar-refractivity contribution in [3.05, 3.63) is 28.0 Å². The van der Waals surface area contributed by atoms with Gasteiger partial charge in [0.25, 0.3) is 0 Å². The van der Waals surface area contributed by atoms with Gasteiger partial charge in [-0.3, -0.25) is 9.48 Å². The molecule has 0 aliphatic rings. The average molecular weight is 410 g/mol. The van der Waals surface area contributed by atoms with E-state index in [0.717, 1.165) is 17.0 Å². The summed E-state index contributed by atoms with van der Waals surface area (Å²) in [4.78, 5) is 11.0. The SMILES string of the molecule is CC(Nc1cc(-c2nn(C)c(S(C)(=O)=O)c2Cl)c(F)cc1Cl)C(=O)O. The molecule has 0 saturated heterocycles. The third-order valence-corrected chi connectivity index (χ3v) is 5.30. The molecule has 1 aromatic heterocycles.